The summed E-state index contributed by atoms with van der Waals surface area (Å²) in [5.41, 5.74) is 0. The monoisotopic (exact) mass is 206 g/mol. The maximum atomic E-state index is 5.62. The summed E-state index contributed by atoms with van der Waals surface area (Å²) in [6.45, 7) is 7.57. The molecule has 0 spiro atoms. The van der Waals surface area contributed by atoms with E-state index in [1.165, 1.54) is 0 Å². The molecule has 2 nitrogen and oxygen atoms in total. The molecule has 12 heavy (non-hydrogen) atoms. The SMILES string of the molecule is CCO[Si](C)(CCC=S)OCC. The highest BCUT2D eigenvalue weighted by Crippen LogP contribution is 2.14. The van der Waals surface area contributed by atoms with Crippen LogP contribution in [0.4, 0.5) is 0 Å². The molecule has 0 N–H and O–H groups in total. The minimum Gasteiger partial charge on any atom is -0.395 e. The van der Waals surface area contributed by atoms with E-state index in [9.17, 15) is 0 Å². The molecule has 72 valence electrons. The van der Waals surface area contributed by atoms with E-state index in [2.05, 4.69) is 6.55 Å². The Hall–Kier alpha value is 0.227. The average molecular weight is 206 g/mol. The molecule has 0 aliphatic heterocycles. The number of rotatable bonds is 7. The first-order valence-electron chi connectivity index (χ1n) is 4.40. The van der Waals surface area contributed by atoms with E-state index in [1.54, 1.807) is 5.37 Å². The standard InChI is InChI=1S/C8H18O2SSi/c1-4-9-12(3,10-5-2)8-6-7-11/h7H,4-6,8H2,1-3H3. The second kappa shape index (κ2) is 6.71. The topological polar surface area (TPSA) is 18.5 Å². The van der Waals surface area contributed by atoms with Crippen LogP contribution in [-0.2, 0) is 8.85 Å². The first-order chi connectivity index (χ1) is 5.68. The molecule has 0 aliphatic rings. The van der Waals surface area contributed by atoms with Crippen molar-refractivity contribution in [1.29, 1.82) is 0 Å². The van der Waals surface area contributed by atoms with Gasteiger partial charge in [-0.05, 0) is 38.2 Å². The molecule has 0 radical (unpaired) electrons. The van der Waals surface area contributed by atoms with Gasteiger partial charge in [-0.15, -0.1) is 0 Å². The van der Waals surface area contributed by atoms with Crippen molar-refractivity contribution >= 4 is 26.1 Å². The van der Waals surface area contributed by atoms with E-state index >= 15 is 0 Å². The molecule has 0 unspecified atom stereocenters. The van der Waals surface area contributed by atoms with Gasteiger partial charge in [-0.2, -0.15) is 0 Å². The van der Waals surface area contributed by atoms with E-state index in [-0.39, 0.29) is 0 Å². The molecule has 0 aliphatic carbocycles. The second-order valence-electron chi connectivity index (χ2n) is 2.71. The van der Waals surface area contributed by atoms with Crippen molar-refractivity contribution in [2.75, 3.05) is 13.2 Å². The lowest BCUT2D eigenvalue weighted by Gasteiger charge is -2.25. The number of hydrogen-bond donors (Lipinski definition) is 0. The van der Waals surface area contributed by atoms with Gasteiger partial charge in [0.15, 0.2) is 0 Å². The summed E-state index contributed by atoms with van der Waals surface area (Å²) in [4.78, 5) is 0. The van der Waals surface area contributed by atoms with Crippen LogP contribution in [0.5, 0.6) is 0 Å². The maximum Gasteiger partial charge on any atom is 0.335 e. The van der Waals surface area contributed by atoms with Crippen LogP contribution in [0, 0.1) is 0 Å². The molecule has 0 aromatic rings. The Morgan fingerprint density at radius 3 is 2.08 bits per heavy atom. The summed E-state index contributed by atoms with van der Waals surface area (Å²) in [6, 6.07) is 0.970. The van der Waals surface area contributed by atoms with Gasteiger partial charge in [0.1, 0.15) is 0 Å². The summed E-state index contributed by atoms with van der Waals surface area (Å²) < 4.78 is 11.2. The molecular formula is C8H18O2SSi. The van der Waals surface area contributed by atoms with E-state index in [4.69, 9.17) is 21.1 Å². The van der Waals surface area contributed by atoms with E-state index in [1.807, 2.05) is 13.8 Å². The van der Waals surface area contributed by atoms with Crippen LogP contribution in [0.25, 0.3) is 0 Å². The zero-order chi connectivity index (χ0) is 9.45. The fourth-order valence-electron chi connectivity index (χ4n) is 1.12. The molecule has 0 fully saturated rings. The van der Waals surface area contributed by atoms with Crippen molar-refractivity contribution in [3.8, 4) is 0 Å². The van der Waals surface area contributed by atoms with Crippen LogP contribution in [-0.4, -0.2) is 27.1 Å². The summed E-state index contributed by atoms with van der Waals surface area (Å²) in [5, 5.41) is 1.75. The third-order valence-corrected chi connectivity index (χ3v) is 4.85. The quantitative estimate of drug-likeness (QED) is 0.471. The molecule has 0 aromatic carbocycles. The van der Waals surface area contributed by atoms with Crippen LogP contribution >= 0.6 is 12.2 Å². The Morgan fingerprint density at radius 1 is 1.25 bits per heavy atom. The Bertz CT molecular complexity index is 124. The Kier molecular flexibility index (Phi) is 6.84. The zero-order valence-corrected chi connectivity index (χ0v) is 9.95. The van der Waals surface area contributed by atoms with Gasteiger partial charge < -0.3 is 8.85 Å². The van der Waals surface area contributed by atoms with Crippen LogP contribution in [0.2, 0.25) is 12.6 Å². The molecule has 4 heteroatoms. The Labute approximate surface area is 81.5 Å². The second-order valence-corrected chi connectivity index (χ2v) is 6.38. The molecule has 0 amide bonds. The van der Waals surface area contributed by atoms with Crippen molar-refractivity contribution in [2.24, 2.45) is 0 Å². The minimum absolute atomic E-state index is 0.736. The molecule has 0 atom stereocenters. The molecule has 0 saturated carbocycles. The average Bonchev–Trinajstić information content (AvgIpc) is 2.02. The van der Waals surface area contributed by atoms with Crippen molar-refractivity contribution in [3.05, 3.63) is 0 Å². The van der Waals surface area contributed by atoms with Crippen LogP contribution in [0.15, 0.2) is 0 Å². The normalized spacial score (nSPS) is 11.6. The number of hydrogen-bond acceptors (Lipinski definition) is 3. The van der Waals surface area contributed by atoms with Crippen molar-refractivity contribution in [2.45, 2.75) is 32.9 Å². The lowest BCUT2D eigenvalue weighted by Crippen LogP contribution is -2.38. The lowest BCUT2D eigenvalue weighted by molar-refractivity contribution is 0.189. The minimum atomic E-state index is -1.87. The first-order valence-corrected chi connectivity index (χ1v) is 7.39. The Balaban J connectivity index is 3.88. The van der Waals surface area contributed by atoms with Gasteiger partial charge in [-0.25, -0.2) is 0 Å². The largest absolute Gasteiger partial charge is 0.395 e. The molecule has 0 rings (SSSR count). The molecule has 0 bridgehead atoms. The van der Waals surface area contributed by atoms with Crippen LogP contribution in [0.1, 0.15) is 20.3 Å². The fourth-order valence-corrected chi connectivity index (χ4v) is 3.71. The smallest absolute Gasteiger partial charge is 0.335 e. The Morgan fingerprint density at radius 2 is 1.75 bits per heavy atom. The van der Waals surface area contributed by atoms with E-state index in [0.29, 0.717) is 0 Å². The summed E-state index contributed by atoms with van der Waals surface area (Å²) in [7, 11) is -1.87. The van der Waals surface area contributed by atoms with Gasteiger partial charge in [0.05, 0.1) is 0 Å². The highest BCUT2D eigenvalue weighted by molar-refractivity contribution is 7.78. The van der Waals surface area contributed by atoms with Crippen molar-refractivity contribution in [1.82, 2.24) is 0 Å². The fraction of sp³-hybridized carbons (Fsp3) is 0.875. The summed E-state index contributed by atoms with van der Waals surface area (Å²) >= 11 is 4.77. The molecule has 0 heterocycles. The lowest BCUT2D eigenvalue weighted by atomic mass is 10.6. The van der Waals surface area contributed by atoms with Gasteiger partial charge in [-0.3, -0.25) is 0 Å². The molecule has 0 aromatic heterocycles. The van der Waals surface area contributed by atoms with E-state index < -0.39 is 8.56 Å². The van der Waals surface area contributed by atoms with E-state index in [0.717, 1.165) is 25.7 Å². The van der Waals surface area contributed by atoms with Gasteiger partial charge in [-0.1, -0.05) is 12.2 Å². The van der Waals surface area contributed by atoms with Gasteiger partial charge >= 0.3 is 8.56 Å². The van der Waals surface area contributed by atoms with Gasteiger partial charge in [0, 0.05) is 13.2 Å². The maximum absolute atomic E-state index is 5.62. The molecule has 0 saturated heterocycles. The highest BCUT2D eigenvalue weighted by atomic mass is 32.1. The third-order valence-electron chi connectivity index (χ3n) is 1.62. The predicted octanol–water partition coefficient (Wildman–Crippen LogP) is 2.52. The van der Waals surface area contributed by atoms with Gasteiger partial charge in [0.25, 0.3) is 0 Å². The summed E-state index contributed by atoms with van der Waals surface area (Å²) in [6.07, 6.45) is 0.915. The third kappa shape index (κ3) is 4.98. The summed E-state index contributed by atoms with van der Waals surface area (Å²) in [5.74, 6) is 0. The molecular weight excluding hydrogens is 188 g/mol. The first kappa shape index (κ1) is 12.2. The highest BCUT2D eigenvalue weighted by Gasteiger charge is 2.29. The van der Waals surface area contributed by atoms with Gasteiger partial charge in [0.2, 0.25) is 0 Å². The predicted molar refractivity (Wildman–Crippen MR) is 57.9 cm³/mol. The van der Waals surface area contributed by atoms with Crippen molar-refractivity contribution in [3.63, 3.8) is 0 Å². The van der Waals surface area contributed by atoms with Crippen LogP contribution < -0.4 is 0 Å². The zero-order valence-electron chi connectivity index (χ0n) is 8.13. The van der Waals surface area contributed by atoms with Crippen molar-refractivity contribution < 1.29 is 8.85 Å². The van der Waals surface area contributed by atoms with Crippen LogP contribution in [0.3, 0.4) is 0 Å². The number of thiocarbonyl (C=S) groups is 1.